The van der Waals surface area contributed by atoms with Crippen LogP contribution in [0, 0.1) is 18.3 Å². The highest BCUT2D eigenvalue weighted by atomic mass is 79.9. The summed E-state index contributed by atoms with van der Waals surface area (Å²) in [5, 5.41) is 12.2. The van der Waals surface area contributed by atoms with Crippen LogP contribution in [0.3, 0.4) is 0 Å². The average molecular weight is 506 g/mol. The summed E-state index contributed by atoms with van der Waals surface area (Å²) >= 11 is 6.88. The monoisotopic (exact) mass is 504 g/mol. The van der Waals surface area contributed by atoms with E-state index in [1.807, 2.05) is 19.1 Å². The molecule has 0 unspecified atom stereocenters. The Morgan fingerprint density at radius 1 is 1.29 bits per heavy atom. The van der Waals surface area contributed by atoms with Gasteiger partial charge in [-0.2, -0.15) is 5.26 Å². The van der Waals surface area contributed by atoms with Gasteiger partial charge < -0.3 is 14.8 Å². The first kappa shape index (κ1) is 21.7. The summed E-state index contributed by atoms with van der Waals surface area (Å²) in [5.74, 6) is 0.612. The lowest BCUT2D eigenvalue weighted by atomic mass is 10.1. The summed E-state index contributed by atoms with van der Waals surface area (Å²) in [5.41, 5.74) is 2.08. The third-order valence-electron chi connectivity index (χ3n) is 3.65. The van der Waals surface area contributed by atoms with Gasteiger partial charge in [-0.25, -0.2) is 0 Å². The van der Waals surface area contributed by atoms with E-state index in [1.165, 1.54) is 13.2 Å². The van der Waals surface area contributed by atoms with Crippen molar-refractivity contribution >= 4 is 49.5 Å². The van der Waals surface area contributed by atoms with Gasteiger partial charge in [-0.05, 0) is 80.3 Å². The van der Waals surface area contributed by atoms with E-state index >= 15 is 0 Å². The van der Waals surface area contributed by atoms with Gasteiger partial charge in [0.1, 0.15) is 29.7 Å². The molecule has 7 heteroatoms. The van der Waals surface area contributed by atoms with Crippen molar-refractivity contribution in [3.05, 3.63) is 68.6 Å². The topological polar surface area (TPSA) is 71.3 Å². The smallest absolute Gasteiger partial charge is 0.266 e. The van der Waals surface area contributed by atoms with Crippen molar-refractivity contribution in [2.75, 3.05) is 19.0 Å². The molecule has 1 N–H and O–H groups in total. The largest absolute Gasteiger partial charge is 0.495 e. The van der Waals surface area contributed by atoms with Gasteiger partial charge in [0.05, 0.1) is 21.7 Å². The third kappa shape index (κ3) is 5.47. The Hall–Kier alpha value is -2.56. The van der Waals surface area contributed by atoms with Gasteiger partial charge in [0.15, 0.2) is 0 Å². The number of halogens is 2. The number of carbonyl (C=O) groups is 1. The molecule has 0 saturated heterocycles. The molecule has 2 aromatic rings. The maximum atomic E-state index is 12.6. The lowest BCUT2D eigenvalue weighted by Gasteiger charge is -2.11. The molecule has 2 aromatic carbocycles. The second kappa shape index (κ2) is 10.1. The Bertz CT molecular complexity index is 955. The van der Waals surface area contributed by atoms with E-state index in [-0.39, 0.29) is 5.57 Å². The van der Waals surface area contributed by atoms with Crippen LogP contribution in [-0.2, 0) is 4.79 Å². The number of anilines is 1. The van der Waals surface area contributed by atoms with Crippen molar-refractivity contribution in [3.63, 3.8) is 0 Å². The van der Waals surface area contributed by atoms with Crippen LogP contribution in [0.2, 0.25) is 0 Å². The number of hydrogen-bond donors (Lipinski definition) is 1. The molecule has 0 radical (unpaired) electrons. The molecule has 0 saturated carbocycles. The molecule has 2 rings (SSSR count). The molecular weight excluding hydrogens is 488 g/mol. The molecular formula is C21H18Br2N2O3. The number of benzene rings is 2. The molecule has 5 nitrogen and oxygen atoms in total. The molecule has 1 amide bonds. The van der Waals surface area contributed by atoms with Gasteiger partial charge >= 0.3 is 0 Å². The summed E-state index contributed by atoms with van der Waals surface area (Å²) in [4.78, 5) is 12.6. The number of aryl methyl sites for hydroxylation is 1. The highest BCUT2D eigenvalue weighted by Crippen LogP contribution is 2.35. The van der Waals surface area contributed by atoms with Gasteiger partial charge in [-0.1, -0.05) is 18.7 Å². The van der Waals surface area contributed by atoms with Crippen LogP contribution in [-0.4, -0.2) is 19.6 Å². The highest BCUT2D eigenvalue weighted by Gasteiger charge is 2.14. The van der Waals surface area contributed by atoms with E-state index < -0.39 is 5.91 Å². The summed E-state index contributed by atoms with van der Waals surface area (Å²) in [6.45, 7) is 5.88. The molecule has 0 heterocycles. The number of nitriles is 1. The van der Waals surface area contributed by atoms with Gasteiger partial charge in [-0.15, -0.1) is 0 Å². The Morgan fingerprint density at radius 2 is 1.96 bits per heavy atom. The average Bonchev–Trinajstić information content (AvgIpc) is 2.65. The molecule has 0 bridgehead atoms. The minimum absolute atomic E-state index is 0.0397. The standard InChI is InChI=1S/C21H18Br2N2O3/c1-4-7-28-20-16(22)10-14(11-17(20)23)9-15(12-24)21(26)25-18-8-13(2)5-6-19(18)27-3/h4-6,8-11H,1,7H2,2-3H3,(H,25,26)/b15-9+. The first-order valence-corrected chi connectivity index (χ1v) is 9.78. The lowest BCUT2D eigenvalue weighted by Crippen LogP contribution is -2.14. The van der Waals surface area contributed by atoms with E-state index in [2.05, 4.69) is 43.8 Å². The molecule has 0 aliphatic carbocycles. The summed E-state index contributed by atoms with van der Waals surface area (Å²) in [6, 6.07) is 10.9. The SMILES string of the molecule is C=CCOc1c(Br)cc(/C=C(\C#N)C(=O)Nc2cc(C)ccc2OC)cc1Br. The molecule has 0 aliphatic rings. The Balaban J connectivity index is 2.31. The summed E-state index contributed by atoms with van der Waals surface area (Å²) in [7, 11) is 1.52. The van der Waals surface area contributed by atoms with Crippen LogP contribution < -0.4 is 14.8 Å². The quantitative estimate of drug-likeness (QED) is 0.300. The number of nitrogens with one attached hydrogen (secondary N) is 1. The fourth-order valence-corrected chi connectivity index (χ4v) is 3.82. The molecule has 0 aromatic heterocycles. The molecule has 0 atom stereocenters. The van der Waals surface area contributed by atoms with Crippen LogP contribution >= 0.6 is 31.9 Å². The van der Waals surface area contributed by atoms with Crippen LogP contribution in [0.15, 0.2) is 57.5 Å². The molecule has 0 aliphatic heterocycles. The van der Waals surface area contributed by atoms with Crippen molar-refractivity contribution in [1.82, 2.24) is 0 Å². The molecule has 144 valence electrons. The van der Waals surface area contributed by atoms with Gasteiger partial charge in [-0.3, -0.25) is 4.79 Å². The zero-order valence-electron chi connectivity index (χ0n) is 15.4. The van der Waals surface area contributed by atoms with E-state index in [0.29, 0.717) is 38.3 Å². The minimum Gasteiger partial charge on any atom is -0.495 e. The zero-order chi connectivity index (χ0) is 20.7. The Kier molecular flexibility index (Phi) is 7.85. The lowest BCUT2D eigenvalue weighted by molar-refractivity contribution is -0.112. The Labute approximate surface area is 180 Å². The van der Waals surface area contributed by atoms with E-state index in [9.17, 15) is 10.1 Å². The number of amides is 1. The fourth-order valence-electron chi connectivity index (χ4n) is 2.37. The molecule has 28 heavy (non-hydrogen) atoms. The van der Waals surface area contributed by atoms with Crippen molar-refractivity contribution in [1.29, 1.82) is 5.26 Å². The number of ether oxygens (including phenoxy) is 2. The number of methoxy groups -OCH3 is 1. The predicted octanol–water partition coefficient (Wildman–Crippen LogP) is 5.64. The van der Waals surface area contributed by atoms with Crippen LogP contribution in [0.5, 0.6) is 11.5 Å². The molecule has 0 spiro atoms. The van der Waals surface area contributed by atoms with E-state index in [0.717, 1.165) is 5.56 Å². The third-order valence-corrected chi connectivity index (χ3v) is 4.82. The fraction of sp³-hybridized carbons (Fsp3) is 0.143. The minimum atomic E-state index is -0.523. The number of carbonyl (C=O) groups excluding carboxylic acids is 1. The van der Waals surface area contributed by atoms with Gasteiger partial charge in [0.2, 0.25) is 0 Å². The van der Waals surface area contributed by atoms with E-state index in [4.69, 9.17) is 9.47 Å². The number of nitrogens with zero attached hydrogens (tertiary/aromatic N) is 1. The van der Waals surface area contributed by atoms with Crippen LogP contribution in [0.1, 0.15) is 11.1 Å². The van der Waals surface area contributed by atoms with Crippen LogP contribution in [0.4, 0.5) is 5.69 Å². The predicted molar refractivity (Wildman–Crippen MR) is 117 cm³/mol. The van der Waals surface area contributed by atoms with E-state index in [1.54, 1.807) is 30.3 Å². The van der Waals surface area contributed by atoms with Crippen molar-refractivity contribution in [2.24, 2.45) is 0 Å². The first-order valence-electron chi connectivity index (χ1n) is 8.20. The second-order valence-corrected chi connectivity index (χ2v) is 7.45. The number of rotatable bonds is 7. The van der Waals surface area contributed by atoms with Crippen LogP contribution in [0.25, 0.3) is 6.08 Å². The summed E-state index contributed by atoms with van der Waals surface area (Å²) < 4.78 is 12.2. The van der Waals surface area contributed by atoms with Crippen molar-refractivity contribution in [2.45, 2.75) is 6.92 Å². The highest BCUT2D eigenvalue weighted by molar-refractivity contribution is 9.11. The van der Waals surface area contributed by atoms with Gasteiger partial charge in [0, 0.05) is 0 Å². The second-order valence-electron chi connectivity index (χ2n) is 5.74. The van der Waals surface area contributed by atoms with Crippen molar-refractivity contribution < 1.29 is 14.3 Å². The maximum Gasteiger partial charge on any atom is 0.266 e. The normalized spacial score (nSPS) is 10.8. The first-order chi connectivity index (χ1) is 13.4. The van der Waals surface area contributed by atoms with Crippen molar-refractivity contribution in [3.8, 4) is 17.6 Å². The Morgan fingerprint density at radius 3 is 2.54 bits per heavy atom. The zero-order valence-corrected chi connectivity index (χ0v) is 18.6. The number of hydrogen-bond acceptors (Lipinski definition) is 4. The molecule has 0 fully saturated rings. The summed E-state index contributed by atoms with van der Waals surface area (Å²) in [6.07, 6.45) is 3.15. The van der Waals surface area contributed by atoms with Gasteiger partial charge in [0.25, 0.3) is 5.91 Å². The maximum absolute atomic E-state index is 12.6.